The Kier molecular flexibility index (Phi) is 4.90. The lowest BCUT2D eigenvalue weighted by molar-refractivity contribution is 0.0684. The molecule has 0 aliphatic rings. The molecular weight excluding hydrogens is 221 g/mol. The molecular formula is C13H20FNO2. The third-order valence-corrected chi connectivity index (χ3v) is 2.66. The standard InChI is InChI=1S/C13H20FNO2/c1-8(2)12(16)7-17-13-5-4-10(9(3)15)6-11(13)14/h4-6,8-9,12,16H,7,15H2,1-3H3/t9-,12?/m0/s1. The molecule has 1 unspecified atom stereocenters. The number of benzene rings is 1. The van der Waals surface area contributed by atoms with Gasteiger partial charge in [-0.15, -0.1) is 0 Å². The minimum absolute atomic E-state index is 0.0846. The summed E-state index contributed by atoms with van der Waals surface area (Å²) in [6.07, 6.45) is -0.595. The van der Waals surface area contributed by atoms with Gasteiger partial charge in [0.15, 0.2) is 11.6 Å². The third kappa shape index (κ3) is 3.98. The zero-order chi connectivity index (χ0) is 13.0. The molecule has 0 radical (unpaired) electrons. The number of rotatable bonds is 5. The predicted octanol–water partition coefficient (Wildman–Crippen LogP) is 2.24. The van der Waals surface area contributed by atoms with Crippen LogP contribution in [-0.4, -0.2) is 17.8 Å². The average Bonchev–Trinajstić information content (AvgIpc) is 2.26. The molecule has 1 aromatic rings. The van der Waals surface area contributed by atoms with Crippen LogP contribution < -0.4 is 10.5 Å². The maximum Gasteiger partial charge on any atom is 0.165 e. The van der Waals surface area contributed by atoms with Crippen molar-refractivity contribution in [2.24, 2.45) is 11.7 Å². The summed E-state index contributed by atoms with van der Waals surface area (Å²) in [7, 11) is 0. The van der Waals surface area contributed by atoms with Gasteiger partial charge in [0.05, 0.1) is 6.10 Å². The van der Waals surface area contributed by atoms with Crippen LogP contribution in [0.1, 0.15) is 32.4 Å². The molecule has 0 saturated heterocycles. The molecule has 3 nitrogen and oxygen atoms in total. The third-order valence-electron chi connectivity index (χ3n) is 2.66. The summed E-state index contributed by atoms with van der Waals surface area (Å²) in [5, 5.41) is 9.55. The van der Waals surface area contributed by atoms with Crippen molar-refractivity contribution in [2.45, 2.75) is 32.9 Å². The zero-order valence-electron chi connectivity index (χ0n) is 10.5. The molecule has 1 rings (SSSR count). The predicted molar refractivity (Wildman–Crippen MR) is 65.3 cm³/mol. The first-order chi connectivity index (χ1) is 7.91. The van der Waals surface area contributed by atoms with E-state index in [4.69, 9.17) is 10.5 Å². The monoisotopic (exact) mass is 241 g/mol. The maximum atomic E-state index is 13.6. The molecule has 0 heterocycles. The van der Waals surface area contributed by atoms with Crippen molar-refractivity contribution in [1.82, 2.24) is 0 Å². The van der Waals surface area contributed by atoms with E-state index in [9.17, 15) is 9.50 Å². The second kappa shape index (κ2) is 5.98. The number of halogens is 1. The number of hydrogen-bond acceptors (Lipinski definition) is 3. The van der Waals surface area contributed by atoms with Crippen molar-refractivity contribution in [3.8, 4) is 5.75 Å². The van der Waals surface area contributed by atoms with Crippen LogP contribution >= 0.6 is 0 Å². The van der Waals surface area contributed by atoms with Gasteiger partial charge in [-0.2, -0.15) is 0 Å². The largest absolute Gasteiger partial charge is 0.488 e. The highest BCUT2D eigenvalue weighted by molar-refractivity contribution is 5.30. The lowest BCUT2D eigenvalue weighted by atomic mass is 10.1. The van der Waals surface area contributed by atoms with Crippen LogP contribution in [0.25, 0.3) is 0 Å². The second-order valence-electron chi connectivity index (χ2n) is 4.60. The van der Waals surface area contributed by atoms with E-state index < -0.39 is 11.9 Å². The molecule has 0 bridgehead atoms. The number of aliphatic hydroxyl groups excluding tert-OH is 1. The topological polar surface area (TPSA) is 55.5 Å². The Morgan fingerprint density at radius 2 is 2.00 bits per heavy atom. The summed E-state index contributed by atoms with van der Waals surface area (Å²) in [6, 6.07) is 4.42. The highest BCUT2D eigenvalue weighted by atomic mass is 19.1. The van der Waals surface area contributed by atoms with Gasteiger partial charge in [0, 0.05) is 6.04 Å². The lowest BCUT2D eigenvalue weighted by Crippen LogP contribution is -2.23. The minimum atomic E-state index is -0.595. The van der Waals surface area contributed by atoms with E-state index in [-0.39, 0.29) is 24.3 Å². The Labute approximate surface area is 101 Å². The normalized spacial score (nSPS) is 14.8. The first kappa shape index (κ1) is 13.9. The Morgan fingerprint density at radius 1 is 1.35 bits per heavy atom. The van der Waals surface area contributed by atoms with Gasteiger partial charge in [-0.1, -0.05) is 19.9 Å². The van der Waals surface area contributed by atoms with Crippen molar-refractivity contribution in [3.63, 3.8) is 0 Å². The van der Waals surface area contributed by atoms with Gasteiger partial charge in [-0.3, -0.25) is 0 Å². The molecule has 0 aliphatic carbocycles. The number of hydrogen-bond donors (Lipinski definition) is 2. The van der Waals surface area contributed by atoms with E-state index in [0.29, 0.717) is 0 Å². The van der Waals surface area contributed by atoms with E-state index >= 15 is 0 Å². The van der Waals surface area contributed by atoms with Gasteiger partial charge in [0.1, 0.15) is 6.61 Å². The van der Waals surface area contributed by atoms with E-state index in [1.165, 1.54) is 6.07 Å². The molecule has 96 valence electrons. The van der Waals surface area contributed by atoms with Gasteiger partial charge in [-0.05, 0) is 30.5 Å². The van der Waals surface area contributed by atoms with Crippen LogP contribution in [0, 0.1) is 11.7 Å². The van der Waals surface area contributed by atoms with Crippen LogP contribution in [0.4, 0.5) is 4.39 Å². The summed E-state index contributed by atoms with van der Waals surface area (Å²) in [5.74, 6) is -0.216. The molecule has 0 spiro atoms. The molecule has 17 heavy (non-hydrogen) atoms. The summed E-state index contributed by atoms with van der Waals surface area (Å²) in [5.41, 5.74) is 6.37. The molecule has 3 N–H and O–H groups in total. The minimum Gasteiger partial charge on any atom is -0.488 e. The van der Waals surface area contributed by atoms with Gasteiger partial charge in [-0.25, -0.2) is 4.39 Å². The Balaban J connectivity index is 2.67. The van der Waals surface area contributed by atoms with Gasteiger partial charge >= 0.3 is 0 Å². The summed E-state index contributed by atoms with van der Waals surface area (Å²) in [6.45, 7) is 5.64. The molecule has 0 aromatic heterocycles. The summed E-state index contributed by atoms with van der Waals surface area (Å²) >= 11 is 0. The fraction of sp³-hybridized carbons (Fsp3) is 0.538. The molecule has 0 aliphatic heterocycles. The first-order valence-corrected chi connectivity index (χ1v) is 5.77. The molecule has 0 amide bonds. The molecule has 4 heteroatoms. The van der Waals surface area contributed by atoms with E-state index in [1.807, 2.05) is 13.8 Å². The average molecular weight is 241 g/mol. The molecule has 0 saturated carbocycles. The smallest absolute Gasteiger partial charge is 0.165 e. The van der Waals surface area contributed by atoms with Gasteiger partial charge in [0.25, 0.3) is 0 Å². The number of nitrogens with two attached hydrogens (primary N) is 1. The quantitative estimate of drug-likeness (QED) is 0.831. The summed E-state index contributed by atoms with van der Waals surface area (Å²) < 4.78 is 18.8. The highest BCUT2D eigenvalue weighted by Gasteiger charge is 2.12. The van der Waals surface area contributed by atoms with E-state index in [2.05, 4.69) is 0 Å². The molecule has 0 fully saturated rings. The lowest BCUT2D eigenvalue weighted by Gasteiger charge is -2.16. The summed E-state index contributed by atoms with van der Waals surface area (Å²) in [4.78, 5) is 0. The zero-order valence-corrected chi connectivity index (χ0v) is 10.5. The van der Waals surface area contributed by atoms with Crippen LogP contribution in [0.2, 0.25) is 0 Å². The van der Waals surface area contributed by atoms with Crippen LogP contribution in [0.3, 0.4) is 0 Å². The van der Waals surface area contributed by atoms with Crippen LogP contribution in [-0.2, 0) is 0 Å². The Morgan fingerprint density at radius 3 is 2.47 bits per heavy atom. The SMILES string of the molecule is CC(C)C(O)COc1ccc([C@H](C)N)cc1F. The maximum absolute atomic E-state index is 13.6. The number of aliphatic hydroxyl groups is 1. The fourth-order valence-corrected chi connectivity index (χ4v) is 1.28. The van der Waals surface area contributed by atoms with Crippen molar-refractivity contribution >= 4 is 0 Å². The molecule has 2 atom stereocenters. The van der Waals surface area contributed by atoms with Gasteiger partial charge in [0.2, 0.25) is 0 Å². The molecule has 1 aromatic carbocycles. The van der Waals surface area contributed by atoms with Crippen molar-refractivity contribution < 1.29 is 14.2 Å². The Hall–Kier alpha value is -1.13. The van der Waals surface area contributed by atoms with E-state index in [0.717, 1.165) is 5.56 Å². The Bertz CT molecular complexity index is 366. The van der Waals surface area contributed by atoms with Crippen LogP contribution in [0.15, 0.2) is 18.2 Å². The van der Waals surface area contributed by atoms with E-state index in [1.54, 1.807) is 19.1 Å². The number of ether oxygens (including phenoxy) is 1. The second-order valence-corrected chi connectivity index (χ2v) is 4.60. The fourth-order valence-electron chi connectivity index (χ4n) is 1.28. The highest BCUT2D eigenvalue weighted by Crippen LogP contribution is 2.21. The van der Waals surface area contributed by atoms with Crippen molar-refractivity contribution in [1.29, 1.82) is 0 Å². The van der Waals surface area contributed by atoms with Crippen molar-refractivity contribution in [2.75, 3.05) is 6.61 Å². The van der Waals surface area contributed by atoms with Crippen LogP contribution in [0.5, 0.6) is 5.75 Å². The first-order valence-electron chi connectivity index (χ1n) is 5.77. The van der Waals surface area contributed by atoms with Gasteiger partial charge < -0.3 is 15.6 Å². The van der Waals surface area contributed by atoms with Crippen molar-refractivity contribution in [3.05, 3.63) is 29.6 Å².